The first kappa shape index (κ1) is 21.5. The van der Waals surface area contributed by atoms with Gasteiger partial charge in [0.2, 0.25) is 0 Å². The molecule has 2 aromatic carbocycles. The molecule has 1 fully saturated rings. The van der Waals surface area contributed by atoms with Gasteiger partial charge in [0.1, 0.15) is 28.2 Å². The molecule has 0 aliphatic carbocycles. The first-order valence-corrected chi connectivity index (χ1v) is 11.6. The number of aromatic nitrogens is 5. The summed E-state index contributed by atoms with van der Waals surface area (Å²) in [6, 6.07) is 13.2. The lowest BCUT2D eigenvalue weighted by Crippen LogP contribution is -2.29. The Morgan fingerprint density at radius 1 is 1.00 bits per heavy atom. The molecule has 1 atom stereocenters. The van der Waals surface area contributed by atoms with E-state index in [1.807, 2.05) is 47.9 Å². The van der Waals surface area contributed by atoms with Crippen molar-refractivity contribution in [2.75, 3.05) is 20.8 Å². The van der Waals surface area contributed by atoms with Crippen molar-refractivity contribution in [3.8, 4) is 17.2 Å². The molecule has 0 N–H and O–H groups in total. The van der Waals surface area contributed by atoms with Gasteiger partial charge < -0.3 is 14.2 Å². The van der Waals surface area contributed by atoms with E-state index in [1.165, 1.54) is 0 Å². The van der Waals surface area contributed by atoms with Crippen LogP contribution in [0.1, 0.15) is 18.7 Å². The first-order valence-electron chi connectivity index (χ1n) is 11.6. The third-order valence-corrected chi connectivity index (χ3v) is 6.56. The number of methoxy groups -OCH3 is 2. The summed E-state index contributed by atoms with van der Waals surface area (Å²) in [7, 11) is 3.20. The molecule has 1 aliphatic heterocycles. The predicted molar refractivity (Wildman–Crippen MR) is 133 cm³/mol. The van der Waals surface area contributed by atoms with Crippen LogP contribution in [-0.4, -0.2) is 51.0 Å². The largest absolute Gasteiger partial charge is 0.497 e. The lowest BCUT2D eigenvalue weighted by molar-refractivity contribution is 0.0955. The Kier molecular flexibility index (Phi) is 5.14. The van der Waals surface area contributed by atoms with Gasteiger partial charge in [-0.15, -0.1) is 0 Å². The number of ether oxygens (including phenoxy) is 3. The van der Waals surface area contributed by atoms with Crippen LogP contribution in [0, 0.1) is 6.92 Å². The maximum absolute atomic E-state index is 13.9. The summed E-state index contributed by atoms with van der Waals surface area (Å²) >= 11 is 0. The van der Waals surface area contributed by atoms with Gasteiger partial charge in [-0.2, -0.15) is 0 Å². The molecule has 0 spiro atoms. The van der Waals surface area contributed by atoms with Gasteiger partial charge in [-0.3, -0.25) is 13.9 Å². The molecule has 6 rings (SSSR count). The smallest absolute Gasteiger partial charge is 0.265 e. The highest BCUT2D eigenvalue weighted by Gasteiger charge is 2.25. The van der Waals surface area contributed by atoms with Gasteiger partial charge in [0.05, 0.1) is 43.6 Å². The minimum atomic E-state index is -0.147. The molecule has 0 radical (unpaired) electrons. The fraction of sp³-hybridized carbons (Fsp3) is 0.308. The zero-order valence-electron chi connectivity index (χ0n) is 19.8. The second-order valence-corrected chi connectivity index (χ2v) is 8.70. The number of benzene rings is 2. The molecule has 3 aromatic heterocycles. The summed E-state index contributed by atoms with van der Waals surface area (Å²) in [5.74, 6) is 1.85. The van der Waals surface area contributed by atoms with Crippen molar-refractivity contribution in [1.82, 2.24) is 24.1 Å². The Morgan fingerprint density at radius 2 is 1.71 bits per heavy atom. The molecule has 1 aliphatic rings. The molecule has 35 heavy (non-hydrogen) atoms. The van der Waals surface area contributed by atoms with Gasteiger partial charge in [0.15, 0.2) is 11.3 Å². The van der Waals surface area contributed by atoms with Crippen LogP contribution in [0.4, 0.5) is 0 Å². The normalized spacial score (nSPS) is 15.9. The van der Waals surface area contributed by atoms with Crippen molar-refractivity contribution >= 4 is 33.2 Å². The summed E-state index contributed by atoms with van der Waals surface area (Å²) in [6.07, 6.45) is 1.94. The van der Waals surface area contributed by atoms with E-state index in [-0.39, 0.29) is 11.7 Å². The van der Waals surface area contributed by atoms with E-state index in [2.05, 4.69) is 0 Å². The zero-order valence-corrected chi connectivity index (χ0v) is 19.8. The van der Waals surface area contributed by atoms with Gasteiger partial charge in [0.25, 0.3) is 5.56 Å². The summed E-state index contributed by atoms with van der Waals surface area (Å²) in [4.78, 5) is 28.6. The highest BCUT2D eigenvalue weighted by molar-refractivity contribution is 6.05. The van der Waals surface area contributed by atoms with Crippen LogP contribution in [0.15, 0.2) is 47.3 Å². The van der Waals surface area contributed by atoms with Crippen molar-refractivity contribution in [2.24, 2.45) is 0 Å². The summed E-state index contributed by atoms with van der Waals surface area (Å²) in [6.45, 7) is 3.04. The Balaban J connectivity index is 1.72. The number of nitrogens with zero attached hydrogens (tertiary/aromatic N) is 5. The monoisotopic (exact) mass is 471 g/mol. The van der Waals surface area contributed by atoms with E-state index in [9.17, 15) is 4.79 Å². The molecular weight excluding hydrogens is 446 g/mol. The number of fused-ring (bicyclic) bond motifs is 4. The van der Waals surface area contributed by atoms with Crippen molar-refractivity contribution in [2.45, 2.75) is 32.4 Å². The Hall–Kier alpha value is -3.98. The maximum Gasteiger partial charge on any atom is 0.265 e. The Bertz CT molecular complexity index is 1630. The van der Waals surface area contributed by atoms with Crippen LogP contribution < -0.4 is 15.0 Å². The van der Waals surface area contributed by atoms with Crippen molar-refractivity contribution < 1.29 is 14.2 Å². The van der Waals surface area contributed by atoms with E-state index in [0.29, 0.717) is 57.3 Å². The number of hydrogen-bond donors (Lipinski definition) is 0. The van der Waals surface area contributed by atoms with E-state index in [1.54, 1.807) is 24.9 Å². The molecule has 0 amide bonds. The highest BCUT2D eigenvalue weighted by Crippen LogP contribution is 2.32. The first-order chi connectivity index (χ1) is 17.1. The number of para-hydroxylation sites is 2. The quantitative estimate of drug-likeness (QED) is 0.385. The van der Waals surface area contributed by atoms with Gasteiger partial charge in [0, 0.05) is 24.8 Å². The number of aryl methyl sites for hydroxylation is 1. The molecule has 0 unspecified atom stereocenters. The highest BCUT2D eigenvalue weighted by atomic mass is 16.5. The Labute approximate surface area is 200 Å². The van der Waals surface area contributed by atoms with E-state index in [4.69, 9.17) is 29.2 Å². The van der Waals surface area contributed by atoms with Crippen LogP contribution in [0.5, 0.6) is 11.5 Å². The van der Waals surface area contributed by atoms with Gasteiger partial charge >= 0.3 is 0 Å². The van der Waals surface area contributed by atoms with Crippen molar-refractivity contribution in [3.63, 3.8) is 0 Å². The minimum absolute atomic E-state index is 0.00793. The van der Waals surface area contributed by atoms with Crippen molar-refractivity contribution in [1.29, 1.82) is 0 Å². The standard InChI is InChI=1S/C26H25N5O4/c1-15-27-24-22(26(32)30(15)14-17-7-6-10-35-17)23-25(29-21-9-5-4-8-20(21)28-23)31(24)16-11-18(33-2)13-19(12-16)34-3/h4-5,8-9,11-13,17H,6-7,10,14H2,1-3H3/t17-/m0/s1. The molecule has 4 heterocycles. The Morgan fingerprint density at radius 3 is 2.37 bits per heavy atom. The second kappa shape index (κ2) is 8.35. The molecule has 5 aromatic rings. The lowest BCUT2D eigenvalue weighted by Gasteiger charge is -2.15. The fourth-order valence-corrected chi connectivity index (χ4v) is 4.80. The summed E-state index contributed by atoms with van der Waals surface area (Å²) in [5, 5.41) is 0.434. The van der Waals surface area contributed by atoms with Gasteiger partial charge in [-0.1, -0.05) is 12.1 Å². The molecule has 0 saturated carbocycles. The maximum atomic E-state index is 13.9. The van der Waals surface area contributed by atoms with Crippen LogP contribution >= 0.6 is 0 Å². The van der Waals surface area contributed by atoms with Crippen LogP contribution in [0.3, 0.4) is 0 Å². The predicted octanol–water partition coefficient (Wildman–Crippen LogP) is 3.79. The topological polar surface area (TPSA) is 93.3 Å². The van der Waals surface area contributed by atoms with Crippen LogP contribution in [0.2, 0.25) is 0 Å². The van der Waals surface area contributed by atoms with Crippen LogP contribution in [0.25, 0.3) is 38.9 Å². The second-order valence-electron chi connectivity index (χ2n) is 8.70. The van der Waals surface area contributed by atoms with E-state index < -0.39 is 0 Å². The number of hydrogen-bond acceptors (Lipinski definition) is 7. The SMILES string of the molecule is COc1cc(OC)cc(-n2c3nc4ccccc4nc3c3c(=O)n(C[C@@H]4CCCO4)c(C)nc32)c1. The molecular formula is C26H25N5O4. The fourth-order valence-electron chi connectivity index (χ4n) is 4.80. The lowest BCUT2D eigenvalue weighted by atomic mass is 10.2. The molecule has 9 nitrogen and oxygen atoms in total. The molecule has 9 heteroatoms. The molecule has 0 bridgehead atoms. The van der Waals surface area contributed by atoms with Crippen LogP contribution in [-0.2, 0) is 11.3 Å². The summed E-state index contributed by atoms with van der Waals surface area (Å²) < 4.78 is 20.4. The van der Waals surface area contributed by atoms with Gasteiger partial charge in [-0.05, 0) is 31.9 Å². The van der Waals surface area contributed by atoms with E-state index in [0.717, 1.165) is 25.0 Å². The average molecular weight is 472 g/mol. The average Bonchev–Trinajstić information content (AvgIpc) is 3.50. The zero-order chi connectivity index (χ0) is 24.1. The summed E-state index contributed by atoms with van der Waals surface area (Å²) in [5.41, 5.74) is 3.58. The number of rotatable bonds is 5. The molecule has 178 valence electrons. The van der Waals surface area contributed by atoms with E-state index >= 15 is 0 Å². The third-order valence-electron chi connectivity index (χ3n) is 6.56. The third kappa shape index (κ3) is 3.50. The minimum Gasteiger partial charge on any atom is -0.497 e. The molecule has 1 saturated heterocycles. The van der Waals surface area contributed by atoms with Crippen molar-refractivity contribution in [3.05, 3.63) is 58.6 Å². The van der Waals surface area contributed by atoms with Gasteiger partial charge in [-0.25, -0.2) is 15.0 Å².